The smallest absolute Gasteiger partial charge is 0.335 e. The molecule has 5 nitrogen and oxygen atoms in total. The Balaban J connectivity index is 1.60. The maximum Gasteiger partial charge on any atom is 0.335 e. The predicted molar refractivity (Wildman–Crippen MR) is 119 cm³/mol. The lowest BCUT2D eigenvalue weighted by Gasteiger charge is -2.31. The number of carbonyl (C=O) groups is 1. The topological polar surface area (TPSA) is 58.4 Å². The van der Waals surface area contributed by atoms with Crippen LogP contribution in [0, 0.1) is 18.8 Å². The quantitative estimate of drug-likeness (QED) is 0.763. The van der Waals surface area contributed by atoms with Crippen molar-refractivity contribution >= 4 is 11.7 Å². The van der Waals surface area contributed by atoms with Crippen LogP contribution in [0.3, 0.4) is 0 Å². The molecule has 0 bridgehead atoms. The first-order chi connectivity index (χ1) is 15.1. The molecule has 0 radical (unpaired) electrons. The first kappa shape index (κ1) is 18.7. The Kier molecular flexibility index (Phi) is 4.20. The van der Waals surface area contributed by atoms with Crippen LogP contribution in [-0.4, -0.2) is 31.6 Å². The molecular weight excluding hydrogens is 386 g/mol. The average molecular weight is 414 g/mol. The van der Waals surface area contributed by atoms with Crippen molar-refractivity contribution in [3.8, 4) is 5.69 Å². The minimum atomic E-state index is -0.852. The van der Waals surface area contributed by atoms with Gasteiger partial charge in [-0.3, -0.25) is 0 Å². The number of carboxylic acid groups (broad SMARTS) is 1. The summed E-state index contributed by atoms with van der Waals surface area (Å²) in [6, 6.07) is 8.66. The van der Waals surface area contributed by atoms with Gasteiger partial charge in [-0.05, 0) is 43.4 Å². The van der Waals surface area contributed by atoms with Crippen LogP contribution in [0.5, 0.6) is 0 Å². The molecule has 1 aromatic heterocycles. The molecule has 5 heteroatoms. The van der Waals surface area contributed by atoms with Crippen molar-refractivity contribution in [3.05, 3.63) is 76.9 Å². The molecule has 2 aliphatic carbocycles. The van der Waals surface area contributed by atoms with Crippen molar-refractivity contribution in [2.45, 2.75) is 51.6 Å². The second-order valence-electron chi connectivity index (χ2n) is 9.26. The number of carboxylic acids is 1. The fourth-order valence-corrected chi connectivity index (χ4v) is 6.13. The zero-order valence-corrected chi connectivity index (χ0v) is 17.8. The van der Waals surface area contributed by atoms with Crippen molar-refractivity contribution in [2.75, 3.05) is 0 Å². The lowest BCUT2D eigenvalue weighted by Crippen LogP contribution is -2.33. The Labute approximate surface area is 182 Å². The molecule has 1 aromatic carbocycles. The number of fused-ring (bicyclic) bond motifs is 7. The van der Waals surface area contributed by atoms with Crippen LogP contribution < -0.4 is 0 Å². The summed E-state index contributed by atoms with van der Waals surface area (Å²) in [4.78, 5) is 19.1. The van der Waals surface area contributed by atoms with Crippen LogP contribution in [0.2, 0.25) is 0 Å². The first-order valence-electron chi connectivity index (χ1n) is 11.4. The van der Waals surface area contributed by atoms with E-state index in [1.807, 2.05) is 19.1 Å². The molecule has 0 saturated heterocycles. The van der Waals surface area contributed by atoms with Crippen molar-refractivity contribution in [1.82, 2.24) is 14.5 Å². The molecule has 1 fully saturated rings. The zero-order valence-electron chi connectivity index (χ0n) is 17.8. The largest absolute Gasteiger partial charge is 0.478 e. The summed E-state index contributed by atoms with van der Waals surface area (Å²) in [7, 11) is 0. The second kappa shape index (κ2) is 6.98. The van der Waals surface area contributed by atoms with Gasteiger partial charge in [-0.2, -0.15) is 0 Å². The van der Waals surface area contributed by atoms with Gasteiger partial charge in [0.05, 0.1) is 29.5 Å². The molecule has 158 valence electrons. The Hall–Kier alpha value is -3.08. The molecule has 6 rings (SSSR count). The molecule has 2 aliphatic heterocycles. The number of aromatic nitrogens is 2. The zero-order chi connectivity index (χ0) is 21.1. The Bertz CT molecular complexity index is 1160. The third-order valence-corrected chi connectivity index (χ3v) is 7.40. The summed E-state index contributed by atoms with van der Waals surface area (Å²) in [6.45, 7) is 2.72. The molecule has 3 heterocycles. The number of aryl methyl sites for hydroxylation is 1. The van der Waals surface area contributed by atoms with E-state index < -0.39 is 5.97 Å². The van der Waals surface area contributed by atoms with Crippen molar-refractivity contribution < 1.29 is 9.90 Å². The van der Waals surface area contributed by atoms with Gasteiger partial charge < -0.3 is 14.6 Å². The number of benzene rings is 1. The van der Waals surface area contributed by atoms with Crippen LogP contribution in [-0.2, 0) is 11.3 Å². The number of aliphatic carboxylic acids is 1. The Morgan fingerprint density at radius 3 is 2.77 bits per heavy atom. The molecule has 0 spiro atoms. The van der Waals surface area contributed by atoms with Crippen LogP contribution >= 0.6 is 0 Å². The lowest BCUT2D eigenvalue weighted by molar-refractivity contribution is -0.132. The van der Waals surface area contributed by atoms with E-state index in [-0.39, 0.29) is 12.0 Å². The number of nitrogens with zero attached hydrogens (tertiary/aromatic N) is 3. The normalized spacial score (nSPS) is 24.8. The number of hydrogen-bond acceptors (Lipinski definition) is 3. The number of imidazole rings is 1. The fourth-order valence-electron chi connectivity index (χ4n) is 6.13. The van der Waals surface area contributed by atoms with E-state index in [9.17, 15) is 9.90 Å². The van der Waals surface area contributed by atoms with Crippen molar-refractivity contribution in [1.29, 1.82) is 0 Å². The molecule has 1 N–H and O–H groups in total. The average Bonchev–Trinajstić information content (AvgIpc) is 3.28. The second-order valence-corrected chi connectivity index (χ2v) is 9.26. The van der Waals surface area contributed by atoms with Crippen LogP contribution in [0.4, 0.5) is 0 Å². The highest BCUT2D eigenvalue weighted by atomic mass is 16.4. The third kappa shape index (κ3) is 2.83. The van der Waals surface area contributed by atoms with Gasteiger partial charge in [0.25, 0.3) is 0 Å². The van der Waals surface area contributed by atoms with Crippen LogP contribution in [0.1, 0.15) is 49.2 Å². The number of hydrogen-bond donors (Lipinski definition) is 1. The highest BCUT2D eigenvalue weighted by molar-refractivity contribution is 5.91. The van der Waals surface area contributed by atoms with Gasteiger partial charge in [-0.15, -0.1) is 0 Å². The van der Waals surface area contributed by atoms with Gasteiger partial charge in [0.1, 0.15) is 5.82 Å². The summed E-state index contributed by atoms with van der Waals surface area (Å²) in [5.41, 5.74) is 6.64. The molecule has 2 unspecified atom stereocenters. The summed E-state index contributed by atoms with van der Waals surface area (Å²) >= 11 is 0. The molecular formula is C26H27N3O2. The minimum Gasteiger partial charge on any atom is -0.478 e. The number of para-hydroxylation sites is 1. The van der Waals surface area contributed by atoms with Crippen LogP contribution in [0.15, 0.2) is 59.8 Å². The molecule has 0 amide bonds. The minimum absolute atomic E-state index is 0.0274. The number of rotatable bonds is 2. The Morgan fingerprint density at radius 1 is 1.16 bits per heavy atom. The first-order valence-corrected chi connectivity index (χ1v) is 11.4. The molecule has 2 aromatic rings. The summed E-state index contributed by atoms with van der Waals surface area (Å²) in [5.74, 6) is 0.959. The van der Waals surface area contributed by atoms with E-state index in [0.717, 1.165) is 11.5 Å². The van der Waals surface area contributed by atoms with Gasteiger partial charge in [0, 0.05) is 23.4 Å². The van der Waals surface area contributed by atoms with E-state index in [0.29, 0.717) is 18.0 Å². The van der Waals surface area contributed by atoms with E-state index in [1.165, 1.54) is 54.6 Å². The van der Waals surface area contributed by atoms with Gasteiger partial charge in [-0.1, -0.05) is 49.6 Å². The third-order valence-electron chi connectivity index (χ3n) is 7.40. The summed E-state index contributed by atoms with van der Waals surface area (Å²) in [6.07, 6.45) is 14.4. The van der Waals surface area contributed by atoms with Crippen molar-refractivity contribution in [2.24, 2.45) is 11.8 Å². The highest BCUT2D eigenvalue weighted by Crippen LogP contribution is 2.51. The maximum absolute atomic E-state index is 11.8. The summed E-state index contributed by atoms with van der Waals surface area (Å²) in [5, 5.41) is 9.68. The van der Waals surface area contributed by atoms with Crippen LogP contribution in [0.25, 0.3) is 11.4 Å². The maximum atomic E-state index is 11.8. The van der Waals surface area contributed by atoms with E-state index in [2.05, 4.69) is 46.0 Å². The predicted octanol–water partition coefficient (Wildman–Crippen LogP) is 4.87. The highest BCUT2D eigenvalue weighted by Gasteiger charge is 2.45. The van der Waals surface area contributed by atoms with E-state index >= 15 is 0 Å². The standard InChI is InChI=1S/C26H27N3O2/c1-16-14-28-21-10-6-5-9-20(21)25-24(17-7-3-2-4-8-17)19-12-11-18(26(30)31)13-22(19)29(25)15-23(28)27-16/h5-6,9-14,17,19,22H,2-4,7-8,15H2,1H3,(H,30,31). The fraction of sp³-hybridized carbons (Fsp3) is 0.385. The monoisotopic (exact) mass is 413 g/mol. The van der Waals surface area contributed by atoms with Gasteiger partial charge in [0.2, 0.25) is 0 Å². The van der Waals surface area contributed by atoms with Gasteiger partial charge in [-0.25, -0.2) is 9.78 Å². The molecule has 1 saturated carbocycles. The molecule has 4 aliphatic rings. The van der Waals surface area contributed by atoms with E-state index in [4.69, 9.17) is 4.98 Å². The van der Waals surface area contributed by atoms with Crippen molar-refractivity contribution in [3.63, 3.8) is 0 Å². The van der Waals surface area contributed by atoms with Gasteiger partial charge in [0.15, 0.2) is 0 Å². The molecule has 31 heavy (non-hydrogen) atoms. The SMILES string of the molecule is Cc1cn2c(n1)CN1C(=C(C3CCCCC3)C3C=CC(C(=O)O)=CC31)c1ccccc1-2. The van der Waals surface area contributed by atoms with Gasteiger partial charge >= 0.3 is 5.97 Å². The molecule has 2 atom stereocenters. The Morgan fingerprint density at radius 2 is 1.97 bits per heavy atom. The lowest BCUT2D eigenvalue weighted by atomic mass is 9.75. The van der Waals surface area contributed by atoms with E-state index in [1.54, 1.807) is 0 Å². The summed E-state index contributed by atoms with van der Waals surface area (Å²) < 4.78 is 2.23.